The van der Waals surface area contributed by atoms with Crippen molar-refractivity contribution < 1.29 is 8.78 Å². The molecule has 1 heterocycles. The van der Waals surface area contributed by atoms with Crippen molar-refractivity contribution in [2.24, 2.45) is 0 Å². The van der Waals surface area contributed by atoms with Gasteiger partial charge in [-0.3, -0.25) is 0 Å². The molecule has 94 valence electrons. The van der Waals surface area contributed by atoms with Gasteiger partial charge in [0, 0.05) is 11.3 Å². The Morgan fingerprint density at radius 1 is 1.11 bits per heavy atom. The number of hydrogen-bond donors (Lipinski definition) is 0. The van der Waals surface area contributed by atoms with E-state index in [2.05, 4.69) is 12.2 Å². The van der Waals surface area contributed by atoms with Crippen LogP contribution in [0.4, 0.5) is 8.78 Å². The molecule has 2 aliphatic carbocycles. The highest BCUT2D eigenvalue weighted by molar-refractivity contribution is 8.03. The van der Waals surface area contributed by atoms with Crippen LogP contribution in [0.5, 0.6) is 0 Å². The minimum absolute atomic E-state index is 0.558. The first kappa shape index (κ1) is 12.0. The lowest BCUT2D eigenvalue weighted by molar-refractivity contribution is 0.564. The molecule has 0 radical (unpaired) electrons. The summed E-state index contributed by atoms with van der Waals surface area (Å²) in [4.78, 5) is 1.35. The molecule has 0 bridgehead atoms. The summed E-state index contributed by atoms with van der Waals surface area (Å²) in [6.45, 7) is 0. The second-order valence-corrected chi connectivity index (χ2v) is 5.78. The first-order valence-corrected chi connectivity index (χ1v) is 7.18. The molecule has 0 saturated carbocycles. The summed E-state index contributed by atoms with van der Waals surface area (Å²) in [5, 5.41) is 0. The second kappa shape index (κ2) is 4.88. The fraction of sp³-hybridized carbons (Fsp3) is 0.333. The van der Waals surface area contributed by atoms with Gasteiger partial charge in [0.25, 0.3) is 0 Å². The van der Waals surface area contributed by atoms with Crippen LogP contribution < -0.4 is 0 Å². The van der Waals surface area contributed by atoms with Crippen molar-refractivity contribution in [1.29, 1.82) is 0 Å². The molecule has 0 aromatic carbocycles. The van der Waals surface area contributed by atoms with Crippen molar-refractivity contribution in [3.63, 3.8) is 0 Å². The molecule has 0 saturated heterocycles. The van der Waals surface area contributed by atoms with Crippen LogP contribution in [0.1, 0.15) is 25.7 Å². The van der Waals surface area contributed by atoms with Crippen LogP contribution in [0, 0.1) is 0 Å². The smallest absolute Gasteiger partial charge is 0.162 e. The van der Waals surface area contributed by atoms with Crippen molar-refractivity contribution in [1.82, 2.24) is 0 Å². The first-order chi connectivity index (χ1) is 8.75. The Kier molecular flexibility index (Phi) is 3.25. The summed E-state index contributed by atoms with van der Waals surface area (Å²) in [7, 11) is 0. The summed E-state index contributed by atoms with van der Waals surface area (Å²) < 4.78 is 27.4. The molecule has 1 aliphatic heterocycles. The van der Waals surface area contributed by atoms with E-state index in [4.69, 9.17) is 0 Å². The van der Waals surface area contributed by atoms with Crippen LogP contribution in [-0.4, -0.2) is 5.75 Å². The summed E-state index contributed by atoms with van der Waals surface area (Å²) >= 11 is 1.67. The highest BCUT2D eigenvalue weighted by Crippen LogP contribution is 2.42. The molecule has 18 heavy (non-hydrogen) atoms. The van der Waals surface area contributed by atoms with Gasteiger partial charge in [-0.2, -0.15) is 0 Å². The maximum absolute atomic E-state index is 14.0. The Balaban J connectivity index is 1.99. The Bertz CT molecular complexity index is 533. The van der Waals surface area contributed by atoms with Gasteiger partial charge in [0.2, 0.25) is 0 Å². The average molecular weight is 264 g/mol. The summed E-state index contributed by atoms with van der Waals surface area (Å²) in [5.74, 6) is -0.825. The maximum Gasteiger partial charge on any atom is 0.162 e. The van der Waals surface area contributed by atoms with Crippen LogP contribution in [0.25, 0.3) is 0 Å². The lowest BCUT2D eigenvalue weighted by Gasteiger charge is -2.13. The van der Waals surface area contributed by atoms with Gasteiger partial charge in [0.15, 0.2) is 11.7 Å². The Labute approximate surface area is 110 Å². The van der Waals surface area contributed by atoms with Crippen LogP contribution in [0.3, 0.4) is 0 Å². The van der Waals surface area contributed by atoms with Gasteiger partial charge in [0.05, 0.1) is 0 Å². The number of halogens is 2. The van der Waals surface area contributed by atoms with E-state index in [0.717, 1.165) is 24.8 Å². The minimum Gasteiger partial charge on any atom is -0.204 e. The van der Waals surface area contributed by atoms with Gasteiger partial charge >= 0.3 is 0 Å². The van der Waals surface area contributed by atoms with Crippen molar-refractivity contribution in [3.05, 3.63) is 57.6 Å². The number of thioether (sulfide) groups is 1. The van der Waals surface area contributed by atoms with E-state index in [0.29, 0.717) is 17.7 Å². The average Bonchev–Trinajstić information content (AvgIpc) is 2.63. The summed E-state index contributed by atoms with van der Waals surface area (Å²) in [6.07, 6.45) is 10.8. The largest absolute Gasteiger partial charge is 0.204 e. The monoisotopic (exact) mass is 264 g/mol. The molecule has 0 spiro atoms. The fourth-order valence-corrected chi connectivity index (χ4v) is 3.79. The van der Waals surface area contributed by atoms with Crippen LogP contribution in [0.2, 0.25) is 0 Å². The van der Waals surface area contributed by atoms with Crippen LogP contribution in [0.15, 0.2) is 57.6 Å². The molecule has 0 nitrogen and oxygen atoms in total. The minimum atomic E-state index is -0.726. The SMILES string of the molecule is FC1=C(F)C2=C(CC=C1)CC1=C(CCC=C1)SC2. The molecule has 3 rings (SSSR count). The zero-order chi connectivity index (χ0) is 12.5. The molecule has 0 amide bonds. The zero-order valence-corrected chi connectivity index (χ0v) is 10.8. The predicted molar refractivity (Wildman–Crippen MR) is 72.5 cm³/mol. The zero-order valence-electron chi connectivity index (χ0n) is 10.0. The van der Waals surface area contributed by atoms with E-state index in [9.17, 15) is 8.78 Å². The molecule has 0 atom stereocenters. The standard InChI is InChI=1S/C15H14F2S/c16-13-6-3-5-10-8-11-4-1-2-7-14(11)18-9-12(10)15(13)17/h1,3-4,6H,2,5,7-9H2. The molecule has 0 fully saturated rings. The van der Waals surface area contributed by atoms with Crippen molar-refractivity contribution >= 4 is 11.8 Å². The van der Waals surface area contributed by atoms with Crippen molar-refractivity contribution in [2.45, 2.75) is 25.7 Å². The van der Waals surface area contributed by atoms with E-state index in [1.165, 1.54) is 16.6 Å². The first-order valence-electron chi connectivity index (χ1n) is 6.20. The van der Waals surface area contributed by atoms with E-state index >= 15 is 0 Å². The van der Waals surface area contributed by atoms with Gasteiger partial charge in [-0.05, 0) is 42.2 Å². The lowest BCUT2D eigenvalue weighted by atomic mass is 9.95. The third-order valence-electron chi connectivity index (χ3n) is 3.54. The third-order valence-corrected chi connectivity index (χ3v) is 4.79. The van der Waals surface area contributed by atoms with Crippen LogP contribution >= 0.6 is 11.8 Å². The highest BCUT2D eigenvalue weighted by Gasteiger charge is 2.23. The number of hydrogen-bond acceptors (Lipinski definition) is 1. The molecule has 3 aliphatic rings. The number of rotatable bonds is 0. The van der Waals surface area contributed by atoms with Gasteiger partial charge in [0.1, 0.15) is 0 Å². The third kappa shape index (κ3) is 2.12. The molecule has 0 N–H and O–H groups in total. The van der Waals surface area contributed by atoms with E-state index in [1.54, 1.807) is 17.8 Å². The Morgan fingerprint density at radius 2 is 2.00 bits per heavy atom. The molecule has 0 unspecified atom stereocenters. The molecule has 0 aromatic heterocycles. The Hall–Kier alpha value is -1.09. The van der Waals surface area contributed by atoms with E-state index < -0.39 is 11.7 Å². The normalized spacial score (nSPS) is 23.9. The predicted octanol–water partition coefficient (Wildman–Crippen LogP) is 5.13. The Morgan fingerprint density at radius 3 is 2.89 bits per heavy atom. The lowest BCUT2D eigenvalue weighted by Crippen LogP contribution is -1.95. The molecule has 3 heteroatoms. The maximum atomic E-state index is 14.0. The van der Waals surface area contributed by atoms with Crippen LogP contribution in [-0.2, 0) is 0 Å². The number of allylic oxidation sites excluding steroid dienone is 9. The topological polar surface area (TPSA) is 0 Å². The quantitative estimate of drug-likeness (QED) is 0.584. The summed E-state index contributed by atoms with van der Waals surface area (Å²) in [5.41, 5.74) is 2.89. The van der Waals surface area contributed by atoms with Crippen molar-refractivity contribution in [3.8, 4) is 0 Å². The van der Waals surface area contributed by atoms with Gasteiger partial charge in [-0.15, -0.1) is 11.8 Å². The van der Waals surface area contributed by atoms with Crippen molar-refractivity contribution in [2.75, 3.05) is 5.75 Å². The van der Waals surface area contributed by atoms with E-state index in [-0.39, 0.29) is 0 Å². The molecule has 0 aromatic rings. The van der Waals surface area contributed by atoms with Gasteiger partial charge in [-0.25, -0.2) is 8.78 Å². The highest BCUT2D eigenvalue weighted by atomic mass is 32.2. The molecular formula is C15H14F2S. The van der Waals surface area contributed by atoms with Gasteiger partial charge in [-0.1, -0.05) is 23.8 Å². The van der Waals surface area contributed by atoms with E-state index in [1.807, 2.05) is 0 Å². The molecular weight excluding hydrogens is 250 g/mol. The fourth-order valence-electron chi connectivity index (χ4n) is 2.55. The summed E-state index contributed by atoms with van der Waals surface area (Å²) in [6, 6.07) is 0. The van der Waals surface area contributed by atoms with Gasteiger partial charge < -0.3 is 0 Å². The second-order valence-electron chi connectivity index (χ2n) is 4.71.